The molecule has 1 nitrogen and oxygen atoms in total. The summed E-state index contributed by atoms with van der Waals surface area (Å²) in [5, 5.41) is 3.63. The van der Waals surface area contributed by atoms with E-state index in [1.54, 1.807) is 0 Å². The van der Waals surface area contributed by atoms with E-state index >= 15 is 0 Å². The van der Waals surface area contributed by atoms with Crippen molar-refractivity contribution in [1.29, 1.82) is 0 Å². The number of hydrogen-bond acceptors (Lipinski definition) is 1. The molecule has 0 amide bonds. The van der Waals surface area contributed by atoms with Gasteiger partial charge in [0.15, 0.2) is 0 Å². The molecule has 0 atom stereocenters. The number of rotatable bonds is 3. The van der Waals surface area contributed by atoms with Gasteiger partial charge >= 0.3 is 0 Å². The van der Waals surface area contributed by atoms with Crippen LogP contribution >= 0.6 is 0 Å². The molecule has 1 heteroatoms. The minimum absolute atomic E-state index is 0.881. The molecule has 0 heterocycles. The third kappa shape index (κ3) is 4.04. The normalized spacial score (nSPS) is 18.1. The Morgan fingerprint density at radius 3 is 2.28 bits per heavy atom. The fourth-order valence-electron chi connectivity index (χ4n) is 2.86. The van der Waals surface area contributed by atoms with Crippen LogP contribution in [0, 0.1) is 19.8 Å². The molecule has 0 aliphatic heterocycles. The van der Waals surface area contributed by atoms with Crippen LogP contribution in [0.15, 0.2) is 18.2 Å². The van der Waals surface area contributed by atoms with Gasteiger partial charge in [0.2, 0.25) is 0 Å². The second kappa shape index (κ2) is 6.82. The second-order valence-corrected chi connectivity index (χ2v) is 5.89. The summed E-state index contributed by atoms with van der Waals surface area (Å²) < 4.78 is 0. The molecule has 1 aliphatic carbocycles. The fourth-order valence-corrected chi connectivity index (χ4v) is 2.86. The number of anilines is 1. The van der Waals surface area contributed by atoms with E-state index in [1.807, 2.05) is 0 Å². The lowest BCUT2D eigenvalue weighted by Gasteiger charge is -2.20. The van der Waals surface area contributed by atoms with Crippen LogP contribution in [0.3, 0.4) is 0 Å². The maximum absolute atomic E-state index is 3.63. The van der Waals surface area contributed by atoms with Gasteiger partial charge in [0.05, 0.1) is 0 Å². The van der Waals surface area contributed by atoms with Crippen molar-refractivity contribution in [2.45, 2.75) is 58.8 Å². The molecule has 0 bridgehead atoms. The first kappa shape index (κ1) is 13.5. The van der Waals surface area contributed by atoms with Crippen LogP contribution in [0.2, 0.25) is 0 Å². The smallest absolute Gasteiger partial charge is 0.0343 e. The largest absolute Gasteiger partial charge is 0.385 e. The number of aryl methyl sites for hydroxylation is 2. The third-order valence-corrected chi connectivity index (χ3v) is 4.33. The predicted molar refractivity (Wildman–Crippen MR) is 80.2 cm³/mol. The zero-order chi connectivity index (χ0) is 12.8. The lowest BCUT2D eigenvalue weighted by molar-refractivity contribution is 0.392. The van der Waals surface area contributed by atoms with Gasteiger partial charge in [0, 0.05) is 12.2 Å². The van der Waals surface area contributed by atoms with E-state index in [4.69, 9.17) is 0 Å². The van der Waals surface area contributed by atoms with Gasteiger partial charge in [-0.2, -0.15) is 0 Å². The highest BCUT2D eigenvalue weighted by Crippen LogP contribution is 2.23. The van der Waals surface area contributed by atoms with Gasteiger partial charge < -0.3 is 5.32 Å². The molecule has 0 saturated heterocycles. The summed E-state index contributed by atoms with van der Waals surface area (Å²) in [5.74, 6) is 0.881. The maximum atomic E-state index is 3.63. The Bertz CT molecular complexity index is 362. The van der Waals surface area contributed by atoms with E-state index in [-0.39, 0.29) is 0 Å². The van der Waals surface area contributed by atoms with E-state index in [9.17, 15) is 0 Å². The van der Waals surface area contributed by atoms with Crippen molar-refractivity contribution in [3.8, 4) is 0 Å². The zero-order valence-corrected chi connectivity index (χ0v) is 12.0. The minimum Gasteiger partial charge on any atom is -0.385 e. The summed E-state index contributed by atoms with van der Waals surface area (Å²) >= 11 is 0. The highest BCUT2D eigenvalue weighted by Gasteiger charge is 2.11. The Labute approximate surface area is 112 Å². The Balaban J connectivity index is 1.83. The first-order valence-electron chi connectivity index (χ1n) is 7.57. The molecule has 1 saturated carbocycles. The molecule has 18 heavy (non-hydrogen) atoms. The van der Waals surface area contributed by atoms with Crippen molar-refractivity contribution in [3.05, 3.63) is 29.3 Å². The van der Waals surface area contributed by atoms with Gasteiger partial charge in [0.1, 0.15) is 0 Å². The number of nitrogens with one attached hydrogen (secondary N) is 1. The van der Waals surface area contributed by atoms with Crippen LogP contribution in [-0.4, -0.2) is 6.54 Å². The number of benzene rings is 1. The highest BCUT2D eigenvalue weighted by molar-refractivity contribution is 5.48. The van der Waals surface area contributed by atoms with Crippen LogP contribution in [0.4, 0.5) is 5.69 Å². The topological polar surface area (TPSA) is 12.0 Å². The molecule has 0 radical (unpaired) electrons. The van der Waals surface area contributed by atoms with Crippen molar-refractivity contribution < 1.29 is 0 Å². The fraction of sp³-hybridized carbons (Fsp3) is 0.647. The molecular weight excluding hydrogens is 218 g/mol. The van der Waals surface area contributed by atoms with Crippen LogP contribution in [0.5, 0.6) is 0 Å². The lowest BCUT2D eigenvalue weighted by atomic mass is 9.91. The van der Waals surface area contributed by atoms with Gasteiger partial charge in [-0.15, -0.1) is 0 Å². The molecule has 1 fully saturated rings. The quantitative estimate of drug-likeness (QED) is 0.783. The monoisotopic (exact) mass is 245 g/mol. The van der Waals surface area contributed by atoms with Crippen molar-refractivity contribution in [1.82, 2.24) is 0 Å². The standard InChI is InChI=1S/C17H27N/c1-14-10-11-17(12-15(14)2)18-13-16-8-6-4-3-5-7-9-16/h10-12,16,18H,3-9,13H2,1-2H3. The van der Waals surface area contributed by atoms with Crippen molar-refractivity contribution in [3.63, 3.8) is 0 Å². The van der Waals surface area contributed by atoms with E-state index in [0.717, 1.165) is 12.5 Å². The molecule has 100 valence electrons. The van der Waals surface area contributed by atoms with Crippen molar-refractivity contribution in [2.24, 2.45) is 5.92 Å². The Morgan fingerprint density at radius 2 is 1.61 bits per heavy atom. The van der Waals surface area contributed by atoms with Gasteiger partial charge in [0.25, 0.3) is 0 Å². The summed E-state index contributed by atoms with van der Waals surface area (Å²) in [6.45, 7) is 5.52. The molecule has 2 rings (SSSR count). The summed E-state index contributed by atoms with van der Waals surface area (Å²) in [6, 6.07) is 6.71. The van der Waals surface area contributed by atoms with E-state index in [2.05, 4.69) is 37.4 Å². The summed E-state index contributed by atoms with van der Waals surface area (Å²) in [4.78, 5) is 0. The van der Waals surface area contributed by atoms with Crippen molar-refractivity contribution >= 4 is 5.69 Å². The van der Waals surface area contributed by atoms with Crippen LogP contribution in [0.1, 0.15) is 56.1 Å². The zero-order valence-electron chi connectivity index (χ0n) is 12.0. The Kier molecular flexibility index (Phi) is 5.10. The lowest BCUT2D eigenvalue weighted by Crippen LogP contribution is -2.15. The van der Waals surface area contributed by atoms with Gasteiger partial charge in [-0.3, -0.25) is 0 Å². The first-order chi connectivity index (χ1) is 8.75. The van der Waals surface area contributed by atoms with Crippen LogP contribution in [-0.2, 0) is 0 Å². The molecule has 1 aromatic rings. The number of hydrogen-bond donors (Lipinski definition) is 1. The van der Waals surface area contributed by atoms with Gasteiger partial charge in [-0.1, -0.05) is 38.2 Å². The van der Waals surface area contributed by atoms with E-state index < -0.39 is 0 Å². The first-order valence-corrected chi connectivity index (χ1v) is 7.57. The predicted octanol–water partition coefficient (Wildman–Crippen LogP) is 5.08. The molecular formula is C17H27N. The van der Waals surface area contributed by atoms with Gasteiger partial charge in [-0.05, 0) is 55.9 Å². The van der Waals surface area contributed by atoms with Gasteiger partial charge in [-0.25, -0.2) is 0 Å². The average Bonchev–Trinajstić information content (AvgIpc) is 2.32. The second-order valence-electron chi connectivity index (χ2n) is 5.89. The molecule has 0 spiro atoms. The summed E-state index contributed by atoms with van der Waals surface area (Å²) in [7, 11) is 0. The molecule has 1 aliphatic rings. The third-order valence-electron chi connectivity index (χ3n) is 4.33. The van der Waals surface area contributed by atoms with E-state index in [1.165, 1.54) is 61.8 Å². The Morgan fingerprint density at radius 1 is 0.944 bits per heavy atom. The average molecular weight is 245 g/mol. The molecule has 1 aromatic carbocycles. The van der Waals surface area contributed by atoms with Crippen LogP contribution < -0.4 is 5.32 Å². The molecule has 0 unspecified atom stereocenters. The molecule has 0 aromatic heterocycles. The summed E-state index contributed by atoms with van der Waals surface area (Å²) in [6.07, 6.45) is 10.0. The minimum atomic E-state index is 0.881. The maximum Gasteiger partial charge on any atom is 0.0343 e. The SMILES string of the molecule is Cc1ccc(NCC2CCCCCCC2)cc1C. The van der Waals surface area contributed by atoms with Crippen LogP contribution in [0.25, 0.3) is 0 Å². The Hall–Kier alpha value is -0.980. The van der Waals surface area contributed by atoms with E-state index in [0.29, 0.717) is 0 Å². The van der Waals surface area contributed by atoms with Crippen molar-refractivity contribution in [2.75, 3.05) is 11.9 Å². The highest BCUT2D eigenvalue weighted by atomic mass is 14.9. The molecule has 1 N–H and O–H groups in total. The summed E-state index contributed by atoms with van der Waals surface area (Å²) in [5.41, 5.74) is 4.06.